The maximum atomic E-state index is 12.4. The topological polar surface area (TPSA) is 72.8 Å². The van der Waals surface area contributed by atoms with E-state index in [9.17, 15) is 13.5 Å². The largest absolute Gasteiger partial charge is 0.507 e. The molecule has 6 heteroatoms. The molecule has 0 aromatic heterocycles. The lowest BCUT2D eigenvalue weighted by atomic mass is 10.2. The molecule has 2 aromatic rings. The van der Waals surface area contributed by atoms with Gasteiger partial charge in [-0.05, 0) is 42.5 Å². The van der Waals surface area contributed by atoms with Crippen LogP contribution >= 0.6 is 0 Å². The first kappa shape index (κ1) is 14.5. The van der Waals surface area contributed by atoms with Crippen LogP contribution in [0.4, 0.5) is 0 Å². The Bertz CT molecular complexity index is 835. The van der Waals surface area contributed by atoms with Crippen LogP contribution in [0.3, 0.4) is 0 Å². The van der Waals surface area contributed by atoms with E-state index < -0.39 is 9.84 Å². The summed E-state index contributed by atoms with van der Waals surface area (Å²) in [5.41, 5.74) is 0.316. The summed E-state index contributed by atoms with van der Waals surface area (Å²) in [4.78, 5) is 0.237. The summed E-state index contributed by atoms with van der Waals surface area (Å²) in [6.07, 6.45) is 1.45. The van der Waals surface area contributed by atoms with Crippen molar-refractivity contribution < 1.29 is 23.0 Å². The second kappa shape index (κ2) is 5.38. The van der Waals surface area contributed by atoms with Crippen LogP contribution in [-0.2, 0) is 9.84 Å². The number of hydrogen-bond donors (Lipinski definition) is 1. The molecular weight excluding hydrogens is 304 g/mol. The van der Waals surface area contributed by atoms with Crippen molar-refractivity contribution in [2.75, 3.05) is 13.7 Å². The maximum absolute atomic E-state index is 12.4. The van der Waals surface area contributed by atoms with Crippen LogP contribution in [0.25, 0.3) is 6.08 Å². The van der Waals surface area contributed by atoms with E-state index in [4.69, 9.17) is 9.47 Å². The Kier molecular flexibility index (Phi) is 3.54. The molecule has 2 aromatic carbocycles. The van der Waals surface area contributed by atoms with E-state index in [0.29, 0.717) is 17.1 Å². The quantitative estimate of drug-likeness (QED) is 0.938. The number of benzene rings is 2. The monoisotopic (exact) mass is 318 g/mol. The molecule has 1 aliphatic rings. The molecule has 1 aliphatic heterocycles. The molecule has 3 rings (SSSR count). The van der Waals surface area contributed by atoms with E-state index in [1.807, 2.05) is 0 Å². The fourth-order valence-electron chi connectivity index (χ4n) is 2.24. The smallest absolute Gasteiger partial charge is 0.206 e. The summed E-state index contributed by atoms with van der Waals surface area (Å²) in [5.74, 6) is 1.18. The zero-order valence-electron chi connectivity index (χ0n) is 11.8. The van der Waals surface area contributed by atoms with E-state index in [0.717, 1.165) is 0 Å². The summed E-state index contributed by atoms with van der Waals surface area (Å²) in [6.45, 7) is -0.0945. The number of aromatic hydroxyl groups is 1. The van der Waals surface area contributed by atoms with E-state index >= 15 is 0 Å². The fourth-order valence-corrected chi connectivity index (χ4v) is 3.72. The van der Waals surface area contributed by atoms with Gasteiger partial charge in [0.25, 0.3) is 0 Å². The zero-order chi connectivity index (χ0) is 15.7. The van der Waals surface area contributed by atoms with Gasteiger partial charge in [-0.25, -0.2) is 8.42 Å². The van der Waals surface area contributed by atoms with Crippen molar-refractivity contribution in [1.82, 2.24) is 0 Å². The van der Waals surface area contributed by atoms with Gasteiger partial charge in [0.05, 0.1) is 16.9 Å². The molecule has 0 radical (unpaired) electrons. The highest BCUT2D eigenvalue weighted by Gasteiger charge is 2.31. The molecule has 1 N–H and O–H groups in total. The van der Waals surface area contributed by atoms with Crippen LogP contribution in [0, 0.1) is 0 Å². The lowest BCUT2D eigenvalue weighted by molar-refractivity contribution is 0.357. The second-order valence-corrected chi connectivity index (χ2v) is 6.74. The summed E-state index contributed by atoms with van der Waals surface area (Å²) in [5, 5.41) is 9.76. The number of ether oxygens (including phenoxy) is 2. The second-order valence-electron chi connectivity index (χ2n) is 4.77. The van der Waals surface area contributed by atoms with Gasteiger partial charge in [0.1, 0.15) is 23.9 Å². The average molecular weight is 318 g/mol. The zero-order valence-corrected chi connectivity index (χ0v) is 12.6. The molecule has 5 nitrogen and oxygen atoms in total. The van der Waals surface area contributed by atoms with Gasteiger partial charge in [-0.3, -0.25) is 0 Å². The molecular formula is C16H14O5S. The van der Waals surface area contributed by atoms with Crippen molar-refractivity contribution in [3.63, 3.8) is 0 Å². The molecule has 114 valence electrons. The summed E-state index contributed by atoms with van der Waals surface area (Å²) in [7, 11) is -2.04. The molecule has 0 amide bonds. The molecule has 0 atom stereocenters. The standard InChI is InChI=1S/C16H14O5S/c1-20-11-5-7-12(8-6-11)21-10-13-9-14-15(17)3-2-4-16(14)22(13,18)19/h2-9,17H,10H2,1H3. The van der Waals surface area contributed by atoms with Crippen molar-refractivity contribution >= 4 is 15.9 Å². The van der Waals surface area contributed by atoms with E-state index in [1.165, 1.54) is 24.3 Å². The van der Waals surface area contributed by atoms with Crippen molar-refractivity contribution in [2.24, 2.45) is 0 Å². The Balaban J connectivity index is 1.82. The summed E-state index contributed by atoms with van der Waals surface area (Å²) >= 11 is 0. The summed E-state index contributed by atoms with van der Waals surface area (Å²) in [6, 6.07) is 11.3. The number of phenolic OH excluding ortho intramolecular Hbond substituents is 1. The SMILES string of the molecule is COc1ccc(OCC2=Cc3c(O)cccc3S2(=O)=O)cc1. The number of methoxy groups -OCH3 is 1. The van der Waals surface area contributed by atoms with Crippen molar-refractivity contribution in [3.8, 4) is 17.2 Å². The number of hydrogen-bond acceptors (Lipinski definition) is 5. The molecule has 0 saturated carbocycles. The highest BCUT2D eigenvalue weighted by molar-refractivity contribution is 7.95. The maximum Gasteiger partial charge on any atom is 0.206 e. The van der Waals surface area contributed by atoms with Crippen molar-refractivity contribution in [3.05, 3.63) is 52.9 Å². The average Bonchev–Trinajstić information content (AvgIpc) is 2.78. The number of fused-ring (bicyclic) bond motifs is 1. The molecule has 1 heterocycles. The van der Waals surface area contributed by atoms with Gasteiger partial charge in [0.2, 0.25) is 9.84 Å². The van der Waals surface area contributed by atoms with E-state index in [-0.39, 0.29) is 22.2 Å². The molecule has 0 bridgehead atoms. The Morgan fingerprint density at radius 3 is 2.36 bits per heavy atom. The van der Waals surface area contributed by atoms with E-state index in [1.54, 1.807) is 31.4 Å². The lowest BCUT2D eigenvalue weighted by Gasteiger charge is -2.08. The van der Waals surface area contributed by atoms with Crippen LogP contribution in [0.5, 0.6) is 17.2 Å². The predicted octanol–water partition coefficient (Wildman–Crippen LogP) is 2.61. The highest BCUT2D eigenvalue weighted by atomic mass is 32.2. The van der Waals surface area contributed by atoms with Crippen LogP contribution in [0.1, 0.15) is 5.56 Å². The van der Waals surface area contributed by atoms with Crippen molar-refractivity contribution in [2.45, 2.75) is 4.90 Å². The van der Waals surface area contributed by atoms with Gasteiger partial charge in [0.15, 0.2) is 0 Å². The third-order valence-corrected chi connectivity index (χ3v) is 5.28. The molecule has 22 heavy (non-hydrogen) atoms. The lowest BCUT2D eigenvalue weighted by Crippen LogP contribution is -2.08. The van der Waals surface area contributed by atoms with Gasteiger partial charge in [-0.15, -0.1) is 0 Å². The minimum absolute atomic E-state index is 0.0551. The van der Waals surface area contributed by atoms with E-state index in [2.05, 4.69) is 0 Å². The molecule has 0 unspecified atom stereocenters. The van der Waals surface area contributed by atoms with Crippen LogP contribution in [-0.4, -0.2) is 27.2 Å². The number of phenols is 1. The first-order valence-corrected chi connectivity index (χ1v) is 8.05. The molecule has 0 aliphatic carbocycles. The normalized spacial score (nSPS) is 15.0. The highest BCUT2D eigenvalue weighted by Crippen LogP contribution is 2.37. The molecule has 0 fully saturated rings. The minimum atomic E-state index is -3.60. The first-order chi connectivity index (χ1) is 10.5. The third kappa shape index (κ3) is 2.42. The van der Waals surface area contributed by atoms with Crippen molar-refractivity contribution in [1.29, 1.82) is 0 Å². The van der Waals surface area contributed by atoms with Gasteiger partial charge >= 0.3 is 0 Å². The Labute approximate surface area is 128 Å². The summed E-state index contributed by atoms with van der Waals surface area (Å²) < 4.78 is 35.3. The van der Waals surface area contributed by atoms with Gasteiger partial charge < -0.3 is 14.6 Å². The third-order valence-electron chi connectivity index (χ3n) is 3.42. The fraction of sp³-hybridized carbons (Fsp3) is 0.125. The van der Waals surface area contributed by atoms with Gasteiger partial charge in [0, 0.05) is 5.56 Å². The molecule has 0 saturated heterocycles. The predicted molar refractivity (Wildman–Crippen MR) is 81.8 cm³/mol. The number of sulfone groups is 1. The Morgan fingerprint density at radius 2 is 1.73 bits per heavy atom. The van der Waals surface area contributed by atoms with Gasteiger partial charge in [-0.1, -0.05) is 6.07 Å². The minimum Gasteiger partial charge on any atom is -0.507 e. The van der Waals surface area contributed by atoms with Crippen LogP contribution in [0.2, 0.25) is 0 Å². The van der Waals surface area contributed by atoms with Crippen LogP contribution < -0.4 is 9.47 Å². The van der Waals surface area contributed by atoms with Gasteiger partial charge in [-0.2, -0.15) is 0 Å². The Morgan fingerprint density at radius 1 is 1.05 bits per heavy atom. The van der Waals surface area contributed by atoms with Crippen LogP contribution in [0.15, 0.2) is 52.3 Å². The molecule has 0 spiro atoms. The first-order valence-electron chi connectivity index (χ1n) is 6.57. The number of rotatable bonds is 4. The Hall–Kier alpha value is -2.47.